The molecule has 6 nitrogen and oxygen atoms in total. The van der Waals surface area contributed by atoms with E-state index in [9.17, 15) is 4.79 Å². The molecule has 0 saturated heterocycles. The molecule has 0 amide bonds. The minimum absolute atomic E-state index is 0.236. The van der Waals surface area contributed by atoms with E-state index in [1.165, 1.54) is 11.0 Å². The lowest BCUT2D eigenvalue weighted by atomic mass is 10.3. The molecule has 0 bridgehead atoms. The molecule has 1 saturated carbocycles. The van der Waals surface area contributed by atoms with Crippen molar-refractivity contribution in [3.63, 3.8) is 0 Å². The van der Waals surface area contributed by atoms with Crippen molar-refractivity contribution in [1.29, 1.82) is 0 Å². The summed E-state index contributed by atoms with van der Waals surface area (Å²) >= 11 is 0. The van der Waals surface area contributed by atoms with Gasteiger partial charge in [0.1, 0.15) is 12.0 Å². The molecular weight excluding hydrogens is 206 g/mol. The summed E-state index contributed by atoms with van der Waals surface area (Å²) in [5.41, 5.74) is 6.68. The maximum atomic E-state index is 11.9. The van der Waals surface area contributed by atoms with Crippen molar-refractivity contribution < 1.29 is 0 Å². The van der Waals surface area contributed by atoms with Crippen LogP contribution in [0.25, 0.3) is 5.82 Å². The average molecular weight is 217 g/mol. The molecule has 6 heteroatoms. The Hall–Kier alpha value is -2.11. The van der Waals surface area contributed by atoms with Crippen LogP contribution in [0, 0.1) is 0 Å². The number of rotatable bonds is 2. The Labute approximate surface area is 91.1 Å². The van der Waals surface area contributed by atoms with E-state index in [2.05, 4.69) is 15.1 Å². The summed E-state index contributed by atoms with van der Waals surface area (Å²) in [6, 6.07) is 1.66. The van der Waals surface area contributed by atoms with Gasteiger partial charge in [-0.05, 0) is 12.8 Å². The maximum Gasteiger partial charge on any atom is 0.296 e. The molecule has 2 aromatic heterocycles. The van der Waals surface area contributed by atoms with Crippen LogP contribution in [0.5, 0.6) is 0 Å². The minimum Gasteiger partial charge on any atom is -0.393 e. The Bertz CT molecular complexity index is 567. The highest BCUT2D eigenvalue weighted by Crippen LogP contribution is 2.40. The summed E-state index contributed by atoms with van der Waals surface area (Å²) in [6.07, 6.45) is 5.17. The van der Waals surface area contributed by atoms with E-state index in [-0.39, 0.29) is 5.56 Å². The fraction of sp³-hybridized carbons (Fsp3) is 0.300. The van der Waals surface area contributed by atoms with Gasteiger partial charge < -0.3 is 5.73 Å². The molecule has 0 atom stereocenters. The number of anilines is 1. The van der Waals surface area contributed by atoms with Gasteiger partial charge in [0.25, 0.3) is 5.56 Å². The number of nitrogens with two attached hydrogens (primary N) is 1. The average Bonchev–Trinajstić information content (AvgIpc) is 3.10. The molecule has 1 aliphatic carbocycles. The van der Waals surface area contributed by atoms with Crippen LogP contribution in [-0.4, -0.2) is 19.7 Å². The van der Waals surface area contributed by atoms with Crippen molar-refractivity contribution in [3.05, 3.63) is 34.6 Å². The molecule has 3 rings (SSSR count). The van der Waals surface area contributed by atoms with Gasteiger partial charge in [-0.2, -0.15) is 4.68 Å². The second-order valence-corrected chi connectivity index (χ2v) is 3.92. The minimum atomic E-state index is -0.236. The normalized spacial score (nSPS) is 15.2. The molecule has 82 valence electrons. The zero-order valence-corrected chi connectivity index (χ0v) is 8.55. The van der Waals surface area contributed by atoms with Gasteiger partial charge in [0.05, 0.1) is 5.69 Å². The SMILES string of the molecule is Nc1c(C2CC2)[nH]n(-c2ccncn2)c1=O. The van der Waals surface area contributed by atoms with E-state index in [0.717, 1.165) is 18.5 Å². The van der Waals surface area contributed by atoms with E-state index in [4.69, 9.17) is 5.73 Å². The quantitative estimate of drug-likeness (QED) is 0.762. The molecule has 3 N–H and O–H groups in total. The molecule has 2 aromatic rings. The second-order valence-electron chi connectivity index (χ2n) is 3.92. The smallest absolute Gasteiger partial charge is 0.296 e. The Kier molecular flexibility index (Phi) is 1.82. The fourth-order valence-electron chi connectivity index (χ4n) is 1.73. The number of hydrogen-bond donors (Lipinski definition) is 2. The van der Waals surface area contributed by atoms with Crippen LogP contribution in [-0.2, 0) is 0 Å². The Balaban J connectivity index is 2.15. The van der Waals surface area contributed by atoms with E-state index in [1.807, 2.05) is 0 Å². The number of H-pyrrole nitrogens is 1. The fourth-order valence-corrected chi connectivity index (χ4v) is 1.73. The van der Waals surface area contributed by atoms with Gasteiger partial charge in [0.2, 0.25) is 0 Å². The molecule has 2 heterocycles. The predicted octanol–water partition coefficient (Wildman–Crippen LogP) is 0.415. The lowest BCUT2D eigenvalue weighted by Crippen LogP contribution is -2.17. The zero-order chi connectivity index (χ0) is 11.1. The second kappa shape index (κ2) is 3.19. The van der Waals surface area contributed by atoms with Crippen LogP contribution in [0.1, 0.15) is 24.5 Å². The highest BCUT2D eigenvalue weighted by Gasteiger charge is 2.29. The van der Waals surface area contributed by atoms with Crippen molar-refractivity contribution in [1.82, 2.24) is 19.7 Å². The highest BCUT2D eigenvalue weighted by molar-refractivity contribution is 5.46. The van der Waals surface area contributed by atoms with Gasteiger partial charge in [-0.3, -0.25) is 9.89 Å². The largest absolute Gasteiger partial charge is 0.393 e. The first kappa shape index (κ1) is 9.14. The number of aromatic nitrogens is 4. The Morgan fingerprint density at radius 3 is 2.94 bits per heavy atom. The predicted molar refractivity (Wildman–Crippen MR) is 58.4 cm³/mol. The number of hydrogen-bond acceptors (Lipinski definition) is 4. The van der Waals surface area contributed by atoms with Crippen LogP contribution in [0.3, 0.4) is 0 Å². The third-order valence-electron chi connectivity index (χ3n) is 2.74. The van der Waals surface area contributed by atoms with Crippen molar-refractivity contribution in [2.75, 3.05) is 5.73 Å². The summed E-state index contributed by atoms with van der Waals surface area (Å²) in [6.45, 7) is 0. The zero-order valence-electron chi connectivity index (χ0n) is 8.55. The summed E-state index contributed by atoms with van der Waals surface area (Å²) in [4.78, 5) is 19.7. The number of aromatic amines is 1. The van der Waals surface area contributed by atoms with Gasteiger partial charge in [-0.25, -0.2) is 9.97 Å². The molecule has 1 aliphatic rings. The summed E-state index contributed by atoms with van der Waals surface area (Å²) in [5, 5.41) is 3.02. The first-order chi connectivity index (χ1) is 7.77. The topological polar surface area (TPSA) is 89.6 Å². The summed E-state index contributed by atoms with van der Waals surface area (Å²) < 4.78 is 1.37. The van der Waals surface area contributed by atoms with Crippen LogP contribution in [0.2, 0.25) is 0 Å². The van der Waals surface area contributed by atoms with Crippen molar-refractivity contribution in [2.45, 2.75) is 18.8 Å². The van der Waals surface area contributed by atoms with E-state index >= 15 is 0 Å². The lowest BCUT2D eigenvalue weighted by Gasteiger charge is -1.98. The van der Waals surface area contributed by atoms with E-state index in [1.54, 1.807) is 12.3 Å². The first-order valence-corrected chi connectivity index (χ1v) is 5.14. The molecule has 16 heavy (non-hydrogen) atoms. The monoisotopic (exact) mass is 217 g/mol. The van der Waals surface area contributed by atoms with Gasteiger partial charge in [-0.15, -0.1) is 0 Å². The lowest BCUT2D eigenvalue weighted by molar-refractivity contribution is 0.787. The summed E-state index contributed by atoms with van der Waals surface area (Å²) in [5.74, 6) is 0.925. The highest BCUT2D eigenvalue weighted by atomic mass is 16.1. The van der Waals surface area contributed by atoms with Gasteiger partial charge >= 0.3 is 0 Å². The Morgan fingerprint density at radius 1 is 1.50 bits per heavy atom. The molecule has 0 spiro atoms. The van der Waals surface area contributed by atoms with Crippen LogP contribution in [0.4, 0.5) is 5.69 Å². The molecule has 0 aliphatic heterocycles. The van der Waals surface area contributed by atoms with Gasteiger partial charge in [-0.1, -0.05) is 0 Å². The van der Waals surface area contributed by atoms with Crippen LogP contribution < -0.4 is 11.3 Å². The van der Waals surface area contributed by atoms with Crippen LogP contribution in [0.15, 0.2) is 23.4 Å². The van der Waals surface area contributed by atoms with E-state index < -0.39 is 0 Å². The molecular formula is C10H11N5O. The van der Waals surface area contributed by atoms with Gasteiger partial charge in [0, 0.05) is 18.2 Å². The third kappa shape index (κ3) is 1.30. The number of nitrogen functional groups attached to an aromatic ring is 1. The molecule has 0 unspecified atom stereocenters. The van der Waals surface area contributed by atoms with Gasteiger partial charge in [0.15, 0.2) is 5.82 Å². The van der Waals surface area contributed by atoms with Crippen molar-refractivity contribution >= 4 is 5.69 Å². The van der Waals surface area contributed by atoms with Crippen LogP contribution >= 0.6 is 0 Å². The van der Waals surface area contributed by atoms with E-state index in [0.29, 0.717) is 17.4 Å². The first-order valence-electron chi connectivity index (χ1n) is 5.14. The maximum absolute atomic E-state index is 11.9. The Morgan fingerprint density at radius 2 is 2.31 bits per heavy atom. The van der Waals surface area contributed by atoms with Crippen molar-refractivity contribution in [3.8, 4) is 5.82 Å². The summed E-state index contributed by atoms with van der Waals surface area (Å²) in [7, 11) is 0. The molecule has 0 aromatic carbocycles. The standard InChI is InChI=1S/C10H11N5O/c11-8-9(6-1-2-6)14-15(10(8)16)7-3-4-12-5-13-7/h3-6,14H,1-2,11H2. The molecule has 0 radical (unpaired) electrons. The number of nitrogens with zero attached hydrogens (tertiary/aromatic N) is 3. The number of nitrogens with one attached hydrogen (secondary N) is 1. The molecule has 1 fully saturated rings. The van der Waals surface area contributed by atoms with Crippen molar-refractivity contribution in [2.24, 2.45) is 0 Å². The third-order valence-corrected chi connectivity index (χ3v) is 2.74.